The third-order valence-corrected chi connectivity index (χ3v) is 7.59. The van der Waals surface area contributed by atoms with E-state index in [0.717, 1.165) is 22.5 Å². The topological polar surface area (TPSA) is 79.6 Å². The van der Waals surface area contributed by atoms with Crippen molar-refractivity contribution >= 4 is 46.2 Å². The zero-order valence-corrected chi connectivity index (χ0v) is 24.6. The van der Waals surface area contributed by atoms with Gasteiger partial charge >= 0.3 is 0 Å². The normalized spacial score (nSPS) is 17.1. The van der Waals surface area contributed by atoms with Gasteiger partial charge < -0.3 is 24.7 Å². The van der Waals surface area contributed by atoms with Crippen LogP contribution in [0.2, 0.25) is 5.02 Å². The molecule has 2 atom stereocenters. The third-order valence-electron chi connectivity index (χ3n) is 6.87. The Morgan fingerprint density at radius 1 is 1.12 bits per heavy atom. The molecule has 2 aromatic carbocycles. The first-order valence-electron chi connectivity index (χ1n) is 12.9. The van der Waals surface area contributed by atoms with Crippen molar-refractivity contribution < 1.29 is 13.9 Å². The van der Waals surface area contributed by atoms with Crippen molar-refractivity contribution in [1.29, 1.82) is 0 Å². The number of benzene rings is 2. The molecule has 9 heteroatoms. The summed E-state index contributed by atoms with van der Waals surface area (Å²) in [5, 5.41) is 7.61. The second-order valence-electron chi connectivity index (χ2n) is 10.8. The number of aryl methyl sites for hydroxylation is 1. The first-order valence-corrected chi connectivity index (χ1v) is 13.7. The number of aromatic nitrogens is 1. The highest BCUT2D eigenvalue weighted by Gasteiger charge is 2.43. The zero-order chi connectivity index (χ0) is 28.6. The van der Waals surface area contributed by atoms with Crippen molar-refractivity contribution in [2.75, 3.05) is 17.3 Å². The Bertz CT molecular complexity index is 1560. The Morgan fingerprint density at radius 3 is 2.60 bits per heavy atom. The molecule has 0 spiro atoms. The SMILES string of the molecule is COc1cc(N2C(=S)N[C@H](c3ccccn3)[C@H]2c2ccc(-c3ccc(C)c(Cl)c3)o2)ccc1NC(=O)C(C)(C)C. The van der Waals surface area contributed by atoms with Gasteiger partial charge in [-0.1, -0.05) is 50.6 Å². The van der Waals surface area contributed by atoms with Crippen LogP contribution in [0.1, 0.15) is 49.9 Å². The summed E-state index contributed by atoms with van der Waals surface area (Å²) in [6.45, 7) is 7.56. The van der Waals surface area contributed by atoms with E-state index in [1.54, 1.807) is 13.3 Å². The van der Waals surface area contributed by atoms with Crippen molar-refractivity contribution in [3.8, 4) is 17.1 Å². The van der Waals surface area contributed by atoms with E-state index in [9.17, 15) is 4.79 Å². The minimum atomic E-state index is -0.552. The Morgan fingerprint density at radius 2 is 1.93 bits per heavy atom. The number of rotatable bonds is 6. The number of anilines is 2. The van der Waals surface area contributed by atoms with Gasteiger partial charge in [-0.05, 0) is 67.2 Å². The highest BCUT2D eigenvalue weighted by molar-refractivity contribution is 7.80. The van der Waals surface area contributed by atoms with Gasteiger partial charge in [0.25, 0.3) is 0 Å². The van der Waals surface area contributed by atoms with Crippen LogP contribution in [0.3, 0.4) is 0 Å². The zero-order valence-electron chi connectivity index (χ0n) is 23.0. The molecule has 2 aromatic heterocycles. The number of ether oxygens (including phenoxy) is 1. The number of hydrogen-bond donors (Lipinski definition) is 2. The van der Waals surface area contributed by atoms with Gasteiger partial charge in [0.2, 0.25) is 5.91 Å². The molecule has 0 radical (unpaired) electrons. The fourth-order valence-electron chi connectivity index (χ4n) is 4.58. The number of furan rings is 1. The lowest BCUT2D eigenvalue weighted by atomic mass is 9.95. The molecule has 7 nitrogen and oxygen atoms in total. The molecular formula is C31H31ClN4O3S. The molecule has 1 amide bonds. The van der Waals surface area contributed by atoms with Crippen LogP contribution in [0, 0.1) is 12.3 Å². The van der Waals surface area contributed by atoms with Crippen LogP contribution in [0.4, 0.5) is 11.4 Å². The van der Waals surface area contributed by atoms with Crippen LogP contribution in [-0.4, -0.2) is 23.1 Å². The van der Waals surface area contributed by atoms with Crippen LogP contribution in [0.5, 0.6) is 5.75 Å². The number of nitrogens with zero attached hydrogens (tertiary/aromatic N) is 2. The molecule has 0 aliphatic carbocycles. The van der Waals surface area contributed by atoms with Crippen LogP contribution in [0.15, 0.2) is 77.3 Å². The molecular weight excluding hydrogens is 544 g/mol. The quantitative estimate of drug-likeness (QED) is 0.231. The molecule has 1 fully saturated rings. The number of thiocarbonyl (C=S) groups is 1. The highest BCUT2D eigenvalue weighted by Crippen LogP contribution is 2.44. The number of amides is 1. The summed E-state index contributed by atoms with van der Waals surface area (Å²) in [6.07, 6.45) is 1.76. The lowest BCUT2D eigenvalue weighted by Gasteiger charge is -2.27. The lowest BCUT2D eigenvalue weighted by Crippen LogP contribution is -2.30. The Balaban J connectivity index is 1.56. The monoisotopic (exact) mass is 574 g/mol. The van der Waals surface area contributed by atoms with Crippen LogP contribution in [0.25, 0.3) is 11.3 Å². The standard InChI is InChI=1S/C31H31ClN4O3S/c1-18-9-10-19(16-21(18)32)24-13-14-25(39-24)28-27(23-8-6-7-15-33-23)35-30(40)36(28)20-11-12-22(26(17-20)38-5)34-29(37)31(2,3)4/h6-17,27-28H,1-5H3,(H,34,37)(H,35,40)/t27-,28-/m1/s1. The van der Waals surface area contributed by atoms with Gasteiger partial charge in [-0.3, -0.25) is 9.78 Å². The van der Waals surface area contributed by atoms with Gasteiger partial charge in [0.05, 0.1) is 24.5 Å². The summed E-state index contributed by atoms with van der Waals surface area (Å²) in [7, 11) is 1.58. The summed E-state index contributed by atoms with van der Waals surface area (Å²) in [5.74, 6) is 1.82. The fraction of sp³-hybridized carbons (Fsp3) is 0.258. The summed E-state index contributed by atoms with van der Waals surface area (Å²) < 4.78 is 12.1. The van der Waals surface area contributed by atoms with Gasteiger partial charge in [-0.2, -0.15) is 0 Å². The maximum absolute atomic E-state index is 12.7. The highest BCUT2D eigenvalue weighted by atomic mass is 35.5. The predicted octanol–water partition coefficient (Wildman–Crippen LogP) is 7.47. The van der Waals surface area contributed by atoms with Crippen molar-refractivity contribution in [1.82, 2.24) is 10.3 Å². The summed E-state index contributed by atoms with van der Waals surface area (Å²) >= 11 is 12.3. The van der Waals surface area contributed by atoms with E-state index in [1.807, 2.05) is 99.3 Å². The van der Waals surface area contributed by atoms with E-state index >= 15 is 0 Å². The van der Waals surface area contributed by atoms with Crippen molar-refractivity contribution in [2.45, 2.75) is 39.8 Å². The smallest absolute Gasteiger partial charge is 0.229 e. The number of pyridine rings is 1. The Hall–Kier alpha value is -3.88. The molecule has 0 saturated carbocycles. The van der Waals surface area contributed by atoms with E-state index in [-0.39, 0.29) is 18.0 Å². The summed E-state index contributed by atoms with van der Waals surface area (Å²) in [4.78, 5) is 19.3. The van der Waals surface area contributed by atoms with E-state index in [0.29, 0.717) is 33.1 Å². The molecule has 3 heterocycles. The van der Waals surface area contributed by atoms with Crippen LogP contribution < -0.4 is 20.3 Å². The number of carbonyl (C=O) groups is 1. The largest absolute Gasteiger partial charge is 0.494 e. The fourth-order valence-corrected chi connectivity index (χ4v) is 5.10. The number of carbonyl (C=O) groups excluding carboxylic acids is 1. The number of hydrogen-bond acceptors (Lipinski definition) is 5. The van der Waals surface area contributed by atoms with Crippen molar-refractivity contribution in [3.05, 3.63) is 95.0 Å². The van der Waals surface area contributed by atoms with Crippen molar-refractivity contribution in [3.63, 3.8) is 0 Å². The first-order chi connectivity index (χ1) is 19.1. The van der Waals surface area contributed by atoms with Gasteiger partial charge in [0.1, 0.15) is 23.3 Å². The molecule has 1 aliphatic heterocycles. The van der Waals surface area contributed by atoms with Crippen LogP contribution >= 0.6 is 23.8 Å². The maximum Gasteiger partial charge on any atom is 0.229 e. The molecule has 4 aromatic rings. The summed E-state index contributed by atoms with van der Waals surface area (Å²) in [6, 6.07) is 20.5. The molecule has 40 heavy (non-hydrogen) atoms. The van der Waals surface area contributed by atoms with Gasteiger partial charge in [0.15, 0.2) is 5.11 Å². The van der Waals surface area contributed by atoms with Crippen molar-refractivity contribution in [2.24, 2.45) is 5.41 Å². The predicted molar refractivity (Wildman–Crippen MR) is 163 cm³/mol. The van der Waals surface area contributed by atoms with E-state index < -0.39 is 5.41 Å². The number of halogens is 1. The van der Waals surface area contributed by atoms with Gasteiger partial charge in [0, 0.05) is 34.0 Å². The number of nitrogens with one attached hydrogen (secondary N) is 2. The molecule has 0 bridgehead atoms. The Labute approximate surface area is 244 Å². The molecule has 1 saturated heterocycles. The second kappa shape index (κ2) is 10.9. The minimum absolute atomic E-state index is 0.107. The minimum Gasteiger partial charge on any atom is -0.494 e. The van der Waals surface area contributed by atoms with Gasteiger partial charge in [-0.15, -0.1) is 0 Å². The third kappa shape index (κ3) is 5.42. The lowest BCUT2D eigenvalue weighted by molar-refractivity contribution is -0.123. The maximum atomic E-state index is 12.7. The van der Waals surface area contributed by atoms with E-state index in [2.05, 4.69) is 15.6 Å². The van der Waals surface area contributed by atoms with Gasteiger partial charge in [-0.25, -0.2) is 0 Å². The summed E-state index contributed by atoms with van der Waals surface area (Å²) in [5.41, 5.74) is 3.53. The number of methoxy groups -OCH3 is 1. The molecule has 1 aliphatic rings. The van der Waals surface area contributed by atoms with E-state index in [1.165, 1.54) is 0 Å². The molecule has 2 N–H and O–H groups in total. The van der Waals surface area contributed by atoms with Crippen LogP contribution in [-0.2, 0) is 4.79 Å². The molecule has 5 rings (SSSR count). The molecule has 0 unspecified atom stereocenters. The molecule has 206 valence electrons. The van der Waals surface area contributed by atoms with E-state index in [4.69, 9.17) is 33.0 Å². The second-order valence-corrected chi connectivity index (χ2v) is 11.5. The first kappa shape index (κ1) is 27.7. The average Bonchev–Trinajstić information content (AvgIpc) is 3.55. The average molecular weight is 575 g/mol. The Kier molecular flexibility index (Phi) is 7.57.